The van der Waals surface area contributed by atoms with E-state index in [2.05, 4.69) is 0 Å². The Hall–Kier alpha value is -1.64. The van der Waals surface area contributed by atoms with Gasteiger partial charge in [0.1, 0.15) is 6.04 Å². The van der Waals surface area contributed by atoms with E-state index in [0.29, 0.717) is 0 Å². The summed E-state index contributed by atoms with van der Waals surface area (Å²) in [7, 11) is -4.04. The van der Waals surface area contributed by atoms with Gasteiger partial charge in [-0.1, -0.05) is 17.7 Å². The largest absolute Gasteiger partial charge is 0.481 e. The third kappa shape index (κ3) is 5.70. The van der Waals surface area contributed by atoms with Gasteiger partial charge in [0, 0.05) is 11.4 Å². The van der Waals surface area contributed by atoms with Crippen LogP contribution in [0.25, 0.3) is 0 Å². The highest BCUT2D eigenvalue weighted by atomic mass is 35.5. The average molecular weight is 336 g/mol. The monoisotopic (exact) mass is 335 g/mol. The molecule has 0 saturated carbocycles. The molecule has 1 atom stereocenters. The van der Waals surface area contributed by atoms with E-state index in [-0.39, 0.29) is 29.2 Å². The Bertz CT molecular complexity index is 630. The van der Waals surface area contributed by atoms with Gasteiger partial charge in [0.2, 0.25) is 10.0 Å². The van der Waals surface area contributed by atoms with Crippen molar-refractivity contribution in [3.05, 3.63) is 29.3 Å². The molecule has 9 heteroatoms. The van der Waals surface area contributed by atoms with Crippen LogP contribution >= 0.6 is 11.6 Å². The topological polar surface area (TPSA) is 121 Å². The van der Waals surface area contributed by atoms with E-state index in [0.717, 1.165) is 0 Å². The van der Waals surface area contributed by atoms with Gasteiger partial charge in [-0.3, -0.25) is 9.59 Å². The van der Waals surface area contributed by atoms with Crippen LogP contribution in [0, 0.1) is 0 Å². The minimum absolute atomic E-state index is 0.0460. The lowest BCUT2D eigenvalue weighted by molar-refractivity contribution is -0.140. The van der Waals surface area contributed by atoms with E-state index >= 15 is 0 Å². The molecule has 0 aliphatic rings. The SMILES string of the molecule is O=C(O)CCC[C@@H](NS(=O)(=O)c1cccc(Cl)c1)C(=O)O. The van der Waals surface area contributed by atoms with Crippen LogP contribution in [0.4, 0.5) is 0 Å². The van der Waals surface area contributed by atoms with Crippen molar-refractivity contribution in [2.75, 3.05) is 0 Å². The second kappa shape index (κ2) is 7.39. The van der Waals surface area contributed by atoms with Crippen LogP contribution in [0.3, 0.4) is 0 Å². The van der Waals surface area contributed by atoms with Gasteiger partial charge in [0.25, 0.3) is 0 Å². The summed E-state index contributed by atoms with van der Waals surface area (Å²) < 4.78 is 26.1. The highest BCUT2D eigenvalue weighted by molar-refractivity contribution is 7.89. The van der Waals surface area contributed by atoms with E-state index in [9.17, 15) is 18.0 Å². The molecule has 0 aliphatic carbocycles. The van der Waals surface area contributed by atoms with Gasteiger partial charge >= 0.3 is 11.9 Å². The first-order chi connectivity index (χ1) is 9.72. The minimum Gasteiger partial charge on any atom is -0.481 e. The molecule has 0 unspecified atom stereocenters. The molecule has 7 nitrogen and oxygen atoms in total. The van der Waals surface area contributed by atoms with Crippen LogP contribution in [-0.4, -0.2) is 36.6 Å². The molecule has 0 heterocycles. The second-order valence-electron chi connectivity index (χ2n) is 4.26. The lowest BCUT2D eigenvalue weighted by Crippen LogP contribution is -2.40. The molecule has 3 N–H and O–H groups in total. The Balaban J connectivity index is 2.82. The van der Waals surface area contributed by atoms with E-state index in [4.69, 9.17) is 21.8 Å². The van der Waals surface area contributed by atoms with E-state index in [1.54, 1.807) is 0 Å². The first-order valence-corrected chi connectivity index (χ1v) is 7.81. The highest BCUT2D eigenvalue weighted by Gasteiger charge is 2.25. The van der Waals surface area contributed by atoms with Crippen LogP contribution in [0.15, 0.2) is 29.2 Å². The summed E-state index contributed by atoms with van der Waals surface area (Å²) in [6, 6.07) is 4.00. The van der Waals surface area contributed by atoms with Gasteiger partial charge in [-0.15, -0.1) is 0 Å². The maximum atomic E-state index is 12.0. The molecule has 0 fully saturated rings. The Kier molecular flexibility index (Phi) is 6.13. The predicted octanol–water partition coefficient (Wildman–Crippen LogP) is 1.33. The number of hydrogen-bond acceptors (Lipinski definition) is 4. The Morgan fingerprint density at radius 2 is 1.95 bits per heavy atom. The number of carboxylic acid groups (broad SMARTS) is 2. The lowest BCUT2D eigenvalue weighted by Gasteiger charge is -2.14. The van der Waals surface area contributed by atoms with E-state index < -0.39 is 28.0 Å². The first kappa shape index (κ1) is 17.4. The average Bonchev–Trinajstić information content (AvgIpc) is 2.37. The molecule has 116 valence electrons. The summed E-state index contributed by atoms with van der Waals surface area (Å²) in [6.45, 7) is 0. The summed E-state index contributed by atoms with van der Waals surface area (Å²) >= 11 is 5.69. The zero-order valence-electron chi connectivity index (χ0n) is 10.8. The smallest absolute Gasteiger partial charge is 0.321 e. The normalized spacial score (nSPS) is 12.8. The molecule has 21 heavy (non-hydrogen) atoms. The number of aliphatic carboxylic acids is 2. The number of carboxylic acids is 2. The van der Waals surface area contributed by atoms with Gasteiger partial charge in [-0.25, -0.2) is 8.42 Å². The number of benzene rings is 1. The Labute approximate surface area is 126 Å². The molecule has 1 rings (SSSR count). The molecule has 0 aliphatic heterocycles. The fraction of sp³-hybridized carbons (Fsp3) is 0.333. The van der Waals surface area contributed by atoms with Crippen LogP contribution in [0.5, 0.6) is 0 Å². The van der Waals surface area contributed by atoms with Crippen LogP contribution < -0.4 is 4.72 Å². The molecule has 1 aromatic rings. The maximum absolute atomic E-state index is 12.0. The fourth-order valence-electron chi connectivity index (χ4n) is 1.58. The number of sulfonamides is 1. The van der Waals surface area contributed by atoms with Gasteiger partial charge < -0.3 is 10.2 Å². The predicted molar refractivity (Wildman–Crippen MR) is 74.7 cm³/mol. The van der Waals surface area contributed by atoms with Gasteiger partial charge in [-0.05, 0) is 31.0 Å². The van der Waals surface area contributed by atoms with Gasteiger partial charge in [-0.2, -0.15) is 4.72 Å². The summed E-state index contributed by atoms with van der Waals surface area (Å²) in [5.74, 6) is -2.44. The van der Waals surface area contributed by atoms with Crippen molar-refractivity contribution in [2.45, 2.75) is 30.2 Å². The van der Waals surface area contributed by atoms with Crippen LogP contribution in [-0.2, 0) is 19.6 Å². The molecule has 0 amide bonds. The summed E-state index contributed by atoms with van der Waals surface area (Å²) in [5, 5.41) is 17.7. The standard InChI is InChI=1S/C12H14ClNO6S/c13-8-3-1-4-9(7-8)21(19,20)14-10(12(17)18)5-2-6-11(15)16/h1,3-4,7,10,14H,2,5-6H2,(H,15,16)(H,17,18)/t10-/m1/s1. The van der Waals surface area contributed by atoms with Crippen molar-refractivity contribution < 1.29 is 28.2 Å². The molecule has 0 bridgehead atoms. The lowest BCUT2D eigenvalue weighted by atomic mass is 10.1. The molecule has 0 saturated heterocycles. The van der Waals surface area contributed by atoms with E-state index in [1.165, 1.54) is 24.3 Å². The summed E-state index contributed by atoms with van der Waals surface area (Å²) in [4.78, 5) is 21.3. The second-order valence-corrected chi connectivity index (χ2v) is 6.41. The van der Waals surface area contributed by atoms with Crippen molar-refractivity contribution >= 4 is 33.6 Å². The van der Waals surface area contributed by atoms with Gasteiger partial charge in [0.05, 0.1) is 4.90 Å². The molecular weight excluding hydrogens is 322 g/mol. The Morgan fingerprint density at radius 3 is 2.48 bits per heavy atom. The third-order valence-electron chi connectivity index (χ3n) is 2.59. The third-order valence-corrected chi connectivity index (χ3v) is 4.29. The molecule has 0 radical (unpaired) electrons. The van der Waals surface area contributed by atoms with Gasteiger partial charge in [0.15, 0.2) is 0 Å². The molecular formula is C12H14ClNO6S. The van der Waals surface area contributed by atoms with Crippen LogP contribution in [0.2, 0.25) is 5.02 Å². The summed E-state index contributed by atoms with van der Waals surface area (Å²) in [6.07, 6.45) is -0.311. The first-order valence-electron chi connectivity index (χ1n) is 5.95. The highest BCUT2D eigenvalue weighted by Crippen LogP contribution is 2.16. The van der Waals surface area contributed by atoms with Crippen molar-refractivity contribution in [1.29, 1.82) is 0 Å². The minimum atomic E-state index is -4.04. The van der Waals surface area contributed by atoms with Crippen molar-refractivity contribution in [3.8, 4) is 0 Å². The van der Waals surface area contributed by atoms with Crippen molar-refractivity contribution in [3.63, 3.8) is 0 Å². The zero-order chi connectivity index (χ0) is 16.0. The van der Waals surface area contributed by atoms with E-state index in [1.807, 2.05) is 4.72 Å². The number of halogens is 1. The maximum Gasteiger partial charge on any atom is 0.321 e. The van der Waals surface area contributed by atoms with Crippen molar-refractivity contribution in [1.82, 2.24) is 4.72 Å². The number of carbonyl (C=O) groups is 2. The molecule has 0 aromatic heterocycles. The summed E-state index contributed by atoms with van der Waals surface area (Å²) in [5.41, 5.74) is 0. The number of hydrogen-bond donors (Lipinski definition) is 3. The zero-order valence-corrected chi connectivity index (χ0v) is 12.4. The van der Waals surface area contributed by atoms with Crippen molar-refractivity contribution in [2.24, 2.45) is 0 Å². The van der Waals surface area contributed by atoms with Crippen LogP contribution in [0.1, 0.15) is 19.3 Å². The molecule has 0 spiro atoms. The number of nitrogens with one attached hydrogen (secondary N) is 1. The molecule has 1 aromatic carbocycles. The Morgan fingerprint density at radius 1 is 1.29 bits per heavy atom. The fourth-order valence-corrected chi connectivity index (χ4v) is 3.10. The quantitative estimate of drug-likeness (QED) is 0.659. The number of rotatable bonds is 8.